The van der Waals surface area contributed by atoms with E-state index in [1.807, 2.05) is 4.90 Å². The fourth-order valence-electron chi connectivity index (χ4n) is 4.18. The monoisotopic (exact) mass is 408 g/mol. The molecule has 1 aromatic rings. The number of nitrogens with zero attached hydrogens (tertiary/aromatic N) is 2. The van der Waals surface area contributed by atoms with Gasteiger partial charge in [-0.05, 0) is 68.6 Å². The molecule has 1 aromatic carbocycles. The summed E-state index contributed by atoms with van der Waals surface area (Å²) in [5.41, 5.74) is -2.92. The Morgan fingerprint density at radius 2 is 1.69 bits per heavy atom. The Labute approximate surface area is 169 Å². The van der Waals surface area contributed by atoms with Gasteiger partial charge in [0.1, 0.15) is 0 Å². The van der Waals surface area contributed by atoms with Crippen LogP contribution in [0, 0.1) is 16.7 Å². The van der Waals surface area contributed by atoms with Gasteiger partial charge in [0.2, 0.25) is 0 Å². The quantitative estimate of drug-likeness (QED) is 0.752. The van der Waals surface area contributed by atoms with Crippen molar-refractivity contribution in [3.05, 3.63) is 35.4 Å². The number of alkyl halides is 3. The average Bonchev–Trinajstić information content (AvgIpc) is 3.48. The van der Waals surface area contributed by atoms with E-state index < -0.39 is 11.8 Å². The van der Waals surface area contributed by atoms with E-state index in [1.165, 1.54) is 24.3 Å². The predicted molar refractivity (Wildman–Crippen MR) is 102 cm³/mol. The van der Waals surface area contributed by atoms with E-state index in [9.17, 15) is 23.1 Å². The Morgan fingerprint density at radius 3 is 2.14 bits per heavy atom. The lowest BCUT2D eigenvalue weighted by Crippen LogP contribution is -2.45. The van der Waals surface area contributed by atoms with Crippen molar-refractivity contribution in [3.8, 4) is 6.07 Å². The Balaban J connectivity index is 1.75. The number of amides is 1. The number of aliphatic hydroxyl groups is 1. The fraction of sp³-hybridized carbons (Fsp3) is 0.636. The minimum Gasteiger partial charge on any atom is -0.376 e. The van der Waals surface area contributed by atoms with Crippen molar-refractivity contribution >= 4 is 5.91 Å². The van der Waals surface area contributed by atoms with Crippen molar-refractivity contribution in [2.75, 3.05) is 0 Å². The number of rotatable bonds is 5. The molecular formula is C22H27F3N2O2. The normalized spacial score (nSPS) is 27.0. The highest BCUT2D eigenvalue weighted by molar-refractivity contribution is 5.95. The predicted octanol–water partition coefficient (Wildman–Crippen LogP) is 4.92. The van der Waals surface area contributed by atoms with E-state index >= 15 is 0 Å². The van der Waals surface area contributed by atoms with Gasteiger partial charge in [0.25, 0.3) is 5.91 Å². The molecule has 0 saturated heterocycles. The highest BCUT2D eigenvalue weighted by Crippen LogP contribution is 2.43. The van der Waals surface area contributed by atoms with Crippen molar-refractivity contribution < 1.29 is 23.1 Å². The van der Waals surface area contributed by atoms with Crippen LogP contribution in [0.3, 0.4) is 0 Å². The van der Waals surface area contributed by atoms with Gasteiger partial charge in [0, 0.05) is 24.1 Å². The molecule has 158 valence electrons. The Kier molecular flexibility index (Phi) is 5.70. The SMILES string of the molecule is C[C@](O)(c1ccc(C(=O)N(C2CC2)[C@H]2CC[C@@](C)(CC#N)CC2)cc1)C(F)(F)F. The third-order valence-electron chi connectivity index (χ3n) is 6.48. The molecule has 0 aliphatic heterocycles. The van der Waals surface area contributed by atoms with Crippen molar-refractivity contribution in [1.29, 1.82) is 5.26 Å². The molecule has 0 unspecified atom stereocenters. The number of carbonyl (C=O) groups excluding carboxylic acids is 1. The van der Waals surface area contributed by atoms with E-state index in [2.05, 4.69) is 13.0 Å². The summed E-state index contributed by atoms with van der Waals surface area (Å²) in [6, 6.07) is 7.63. The van der Waals surface area contributed by atoms with Gasteiger partial charge in [-0.3, -0.25) is 4.79 Å². The number of hydrogen-bond acceptors (Lipinski definition) is 3. The van der Waals surface area contributed by atoms with Crippen LogP contribution in [0.25, 0.3) is 0 Å². The van der Waals surface area contributed by atoms with Gasteiger partial charge < -0.3 is 10.0 Å². The minimum atomic E-state index is -4.79. The second-order valence-corrected chi connectivity index (χ2v) is 8.97. The summed E-state index contributed by atoms with van der Waals surface area (Å²) in [7, 11) is 0. The van der Waals surface area contributed by atoms with Crippen molar-refractivity contribution in [2.45, 2.75) is 82.7 Å². The van der Waals surface area contributed by atoms with Crippen LogP contribution < -0.4 is 0 Å². The van der Waals surface area contributed by atoms with Gasteiger partial charge in [0.15, 0.2) is 5.60 Å². The summed E-state index contributed by atoms with van der Waals surface area (Å²) in [5.74, 6) is -0.167. The maximum Gasteiger partial charge on any atom is 0.421 e. The summed E-state index contributed by atoms with van der Waals surface area (Å²) in [4.78, 5) is 15.1. The van der Waals surface area contributed by atoms with Crippen LogP contribution in [0.4, 0.5) is 13.2 Å². The van der Waals surface area contributed by atoms with Crippen molar-refractivity contribution in [2.24, 2.45) is 5.41 Å². The van der Waals surface area contributed by atoms with Gasteiger partial charge in [-0.25, -0.2) is 0 Å². The maximum absolute atomic E-state index is 13.2. The average molecular weight is 408 g/mol. The van der Waals surface area contributed by atoms with E-state index in [0.717, 1.165) is 38.5 Å². The molecule has 2 aliphatic rings. The van der Waals surface area contributed by atoms with Gasteiger partial charge in [-0.2, -0.15) is 18.4 Å². The summed E-state index contributed by atoms with van der Waals surface area (Å²) in [6.07, 6.45) is 1.04. The molecular weight excluding hydrogens is 381 g/mol. The first kappa shape index (κ1) is 21.6. The largest absolute Gasteiger partial charge is 0.421 e. The number of hydrogen-bond donors (Lipinski definition) is 1. The molecule has 3 rings (SSSR count). The molecule has 1 atom stereocenters. The molecule has 7 heteroatoms. The molecule has 4 nitrogen and oxygen atoms in total. The smallest absolute Gasteiger partial charge is 0.376 e. The zero-order valence-corrected chi connectivity index (χ0v) is 16.8. The van der Waals surface area contributed by atoms with Gasteiger partial charge in [-0.1, -0.05) is 19.1 Å². The number of nitriles is 1. The first-order valence-corrected chi connectivity index (χ1v) is 10.1. The molecule has 29 heavy (non-hydrogen) atoms. The Morgan fingerprint density at radius 1 is 1.17 bits per heavy atom. The number of halogens is 3. The highest BCUT2D eigenvalue weighted by atomic mass is 19.4. The van der Waals surface area contributed by atoms with Crippen LogP contribution >= 0.6 is 0 Å². The molecule has 0 bridgehead atoms. The second-order valence-electron chi connectivity index (χ2n) is 8.97. The van der Waals surface area contributed by atoms with E-state index in [0.29, 0.717) is 18.9 Å². The third kappa shape index (κ3) is 4.42. The van der Waals surface area contributed by atoms with Crippen molar-refractivity contribution in [1.82, 2.24) is 4.90 Å². The lowest BCUT2D eigenvalue weighted by Gasteiger charge is -2.41. The van der Waals surface area contributed by atoms with Crippen LogP contribution in [-0.2, 0) is 5.60 Å². The number of carbonyl (C=O) groups is 1. The molecule has 2 aliphatic carbocycles. The van der Waals surface area contributed by atoms with Crippen LogP contribution in [0.1, 0.15) is 74.7 Å². The van der Waals surface area contributed by atoms with E-state index in [4.69, 9.17) is 5.26 Å². The zero-order valence-electron chi connectivity index (χ0n) is 16.8. The lowest BCUT2D eigenvalue weighted by molar-refractivity contribution is -0.258. The molecule has 0 spiro atoms. The van der Waals surface area contributed by atoms with E-state index in [-0.39, 0.29) is 29.0 Å². The molecule has 1 amide bonds. The molecule has 1 N–H and O–H groups in total. The van der Waals surface area contributed by atoms with E-state index in [1.54, 1.807) is 0 Å². The summed E-state index contributed by atoms with van der Waals surface area (Å²) >= 11 is 0. The van der Waals surface area contributed by atoms with Crippen LogP contribution in [-0.4, -0.2) is 34.2 Å². The molecule has 0 heterocycles. The summed E-state index contributed by atoms with van der Waals surface area (Å²) in [6.45, 7) is 2.82. The standard InChI is InChI=1S/C22H27F3N2O2/c1-20(13-14-26)11-9-18(10-12-20)27(17-7-8-17)19(28)15-3-5-16(6-4-15)21(2,29)22(23,24)25/h3-6,17-18,29H,7-13H2,1-2H3/t18-,20+,21-/m0/s1. The first-order chi connectivity index (χ1) is 13.5. The van der Waals surface area contributed by atoms with Crippen LogP contribution in [0.5, 0.6) is 0 Å². The summed E-state index contributed by atoms with van der Waals surface area (Å²) < 4.78 is 39.1. The molecule has 0 aromatic heterocycles. The van der Waals surface area contributed by atoms with Crippen LogP contribution in [0.2, 0.25) is 0 Å². The lowest BCUT2D eigenvalue weighted by atomic mass is 9.72. The first-order valence-electron chi connectivity index (χ1n) is 10.1. The molecule has 2 saturated carbocycles. The third-order valence-corrected chi connectivity index (χ3v) is 6.48. The topological polar surface area (TPSA) is 64.3 Å². The van der Waals surface area contributed by atoms with Crippen LogP contribution in [0.15, 0.2) is 24.3 Å². The van der Waals surface area contributed by atoms with Gasteiger partial charge in [0.05, 0.1) is 6.07 Å². The van der Waals surface area contributed by atoms with Crippen molar-refractivity contribution in [3.63, 3.8) is 0 Å². The molecule has 2 fully saturated rings. The Bertz CT molecular complexity index is 784. The fourth-order valence-corrected chi connectivity index (χ4v) is 4.18. The van der Waals surface area contributed by atoms with Gasteiger partial charge >= 0.3 is 6.18 Å². The summed E-state index contributed by atoms with van der Waals surface area (Å²) in [5, 5.41) is 18.8. The maximum atomic E-state index is 13.2. The Hall–Kier alpha value is -2.07. The van der Waals surface area contributed by atoms with Gasteiger partial charge in [-0.15, -0.1) is 0 Å². The number of benzene rings is 1. The minimum absolute atomic E-state index is 0.00561. The zero-order chi connectivity index (χ0) is 21.4. The molecule has 0 radical (unpaired) electrons. The second kappa shape index (κ2) is 7.64. The highest BCUT2D eigenvalue weighted by Gasteiger charge is 2.51.